The Morgan fingerprint density at radius 2 is 1.98 bits per heavy atom. The van der Waals surface area contributed by atoms with E-state index >= 15 is 4.39 Å². The first kappa shape index (κ1) is 30.7. The summed E-state index contributed by atoms with van der Waals surface area (Å²) in [6.07, 6.45) is -4.48. The summed E-state index contributed by atoms with van der Waals surface area (Å²) in [7, 11) is -2.74. The lowest BCUT2D eigenvalue weighted by atomic mass is 9.97. The standard InChI is InChI=1S/C25H33F2N6O7P/c1-14(2)38-23(35)15(3)32-41(36,40-17-9-7-6-8-10-17)37-11-18-20(34)25(27,12-26)24(39-18)33-13-29-19-21(28-5)30-16(4)31-22(19)33/h6-10,13-15,18,20,24,34H,11-12H2,1-5H3,(H,32,36)(H,28,30,31)/t15-,18+,20+,24+,25+,41-/m0/s1. The number of aromatic nitrogens is 4. The number of benzene rings is 1. The van der Waals surface area contributed by atoms with Crippen LogP contribution in [-0.2, 0) is 23.4 Å². The van der Waals surface area contributed by atoms with Crippen LogP contribution < -0.4 is 14.9 Å². The number of fused-ring (bicyclic) bond motifs is 1. The first-order valence-electron chi connectivity index (χ1n) is 12.9. The average Bonchev–Trinajstić information content (AvgIpc) is 3.45. The van der Waals surface area contributed by atoms with Crippen molar-refractivity contribution in [2.45, 2.75) is 63.9 Å². The Bertz CT molecular complexity index is 1410. The van der Waals surface area contributed by atoms with Crippen molar-refractivity contribution in [3.05, 3.63) is 42.5 Å². The van der Waals surface area contributed by atoms with Crippen molar-refractivity contribution in [2.75, 3.05) is 25.6 Å². The van der Waals surface area contributed by atoms with Gasteiger partial charge in [-0.2, -0.15) is 5.09 Å². The second-order valence-electron chi connectivity index (χ2n) is 9.76. The summed E-state index contributed by atoms with van der Waals surface area (Å²) in [5.41, 5.74) is -2.51. The fourth-order valence-corrected chi connectivity index (χ4v) is 5.76. The van der Waals surface area contributed by atoms with Gasteiger partial charge < -0.3 is 24.4 Å². The normalized spacial score (nSPS) is 24.8. The number of aryl methyl sites for hydroxylation is 1. The minimum atomic E-state index is -4.37. The number of imidazole rings is 1. The van der Waals surface area contributed by atoms with Crippen molar-refractivity contribution in [1.29, 1.82) is 0 Å². The molecule has 3 N–H and O–H groups in total. The van der Waals surface area contributed by atoms with Crippen LogP contribution in [0.4, 0.5) is 14.6 Å². The highest BCUT2D eigenvalue weighted by Gasteiger charge is 2.59. The molecular weight excluding hydrogens is 565 g/mol. The van der Waals surface area contributed by atoms with Gasteiger partial charge in [0, 0.05) is 7.05 Å². The van der Waals surface area contributed by atoms with Crippen LogP contribution in [0.25, 0.3) is 11.2 Å². The molecular formula is C25H33F2N6O7P. The van der Waals surface area contributed by atoms with Crippen LogP contribution in [0.3, 0.4) is 0 Å². The van der Waals surface area contributed by atoms with Gasteiger partial charge in [0.1, 0.15) is 36.5 Å². The smallest absolute Gasteiger partial charge is 0.459 e. The predicted molar refractivity (Wildman–Crippen MR) is 144 cm³/mol. The maximum Gasteiger partial charge on any atom is 0.459 e. The molecule has 0 radical (unpaired) electrons. The lowest BCUT2D eigenvalue weighted by molar-refractivity contribution is -0.149. The summed E-state index contributed by atoms with van der Waals surface area (Å²) in [6.45, 7) is 4.00. The second-order valence-corrected chi connectivity index (χ2v) is 11.5. The zero-order chi connectivity index (χ0) is 29.9. The number of hydrogen-bond acceptors (Lipinski definition) is 11. The topological polar surface area (TPSA) is 159 Å². The van der Waals surface area contributed by atoms with Crippen LogP contribution in [0.1, 0.15) is 32.8 Å². The molecule has 1 aromatic carbocycles. The number of nitrogens with one attached hydrogen (secondary N) is 2. The molecule has 6 atom stereocenters. The first-order valence-corrected chi connectivity index (χ1v) is 14.4. The van der Waals surface area contributed by atoms with Crippen molar-refractivity contribution in [2.24, 2.45) is 0 Å². The Labute approximate surface area is 235 Å². The number of ether oxygens (including phenoxy) is 2. The number of hydrogen-bond donors (Lipinski definition) is 3. The van der Waals surface area contributed by atoms with Gasteiger partial charge in [0.15, 0.2) is 23.2 Å². The molecule has 0 unspecified atom stereocenters. The molecule has 1 fully saturated rings. The fraction of sp³-hybridized carbons (Fsp3) is 0.520. The summed E-state index contributed by atoms with van der Waals surface area (Å²) in [5.74, 6) is 0.122. The molecule has 0 aliphatic carbocycles. The number of aliphatic hydroxyl groups excluding tert-OH is 1. The molecule has 1 aliphatic heterocycles. The van der Waals surface area contributed by atoms with Crippen molar-refractivity contribution >= 4 is 30.7 Å². The third-order valence-corrected chi connectivity index (χ3v) is 7.86. The van der Waals surface area contributed by atoms with E-state index in [-0.39, 0.29) is 16.9 Å². The van der Waals surface area contributed by atoms with Gasteiger partial charge >= 0.3 is 13.7 Å². The molecule has 0 bridgehead atoms. The van der Waals surface area contributed by atoms with Gasteiger partial charge in [-0.05, 0) is 39.8 Å². The maximum atomic E-state index is 16.0. The highest BCUT2D eigenvalue weighted by Crippen LogP contribution is 2.48. The molecule has 16 heteroatoms. The number of aliphatic hydroxyl groups is 1. The third-order valence-electron chi connectivity index (χ3n) is 6.22. The molecule has 1 aliphatic rings. The van der Waals surface area contributed by atoms with Crippen molar-refractivity contribution in [3.63, 3.8) is 0 Å². The van der Waals surface area contributed by atoms with Crippen LogP contribution in [-0.4, -0.2) is 80.9 Å². The van der Waals surface area contributed by atoms with Crippen LogP contribution in [0, 0.1) is 6.92 Å². The number of carbonyl (C=O) groups excluding carboxylic acids is 1. The fourth-order valence-electron chi connectivity index (χ4n) is 4.26. The molecule has 2 aromatic heterocycles. The van der Waals surface area contributed by atoms with E-state index in [1.807, 2.05) is 0 Å². The van der Waals surface area contributed by atoms with Crippen LogP contribution in [0.15, 0.2) is 36.7 Å². The van der Waals surface area contributed by atoms with Gasteiger partial charge in [-0.25, -0.2) is 28.3 Å². The largest absolute Gasteiger partial charge is 0.462 e. The van der Waals surface area contributed by atoms with E-state index < -0.39 is 63.2 Å². The molecule has 4 rings (SSSR count). The maximum absolute atomic E-state index is 16.0. The minimum Gasteiger partial charge on any atom is -0.462 e. The summed E-state index contributed by atoms with van der Waals surface area (Å²) in [6, 6.07) is 6.85. The quantitative estimate of drug-likeness (QED) is 0.207. The lowest BCUT2D eigenvalue weighted by Gasteiger charge is -2.26. The summed E-state index contributed by atoms with van der Waals surface area (Å²) >= 11 is 0. The Morgan fingerprint density at radius 1 is 1.27 bits per heavy atom. The Hall–Kier alpha value is -3.23. The lowest BCUT2D eigenvalue weighted by Crippen LogP contribution is -2.45. The van der Waals surface area contributed by atoms with Crippen LogP contribution >= 0.6 is 7.75 Å². The van der Waals surface area contributed by atoms with Crippen molar-refractivity contribution < 1.29 is 41.8 Å². The van der Waals surface area contributed by atoms with E-state index in [1.165, 1.54) is 25.4 Å². The average molecular weight is 599 g/mol. The monoisotopic (exact) mass is 598 g/mol. The highest BCUT2D eigenvalue weighted by atomic mass is 31.2. The minimum absolute atomic E-state index is 0.141. The van der Waals surface area contributed by atoms with E-state index in [4.69, 9.17) is 18.5 Å². The van der Waals surface area contributed by atoms with Gasteiger partial charge in [-0.3, -0.25) is 13.9 Å². The van der Waals surface area contributed by atoms with E-state index in [1.54, 1.807) is 46.0 Å². The summed E-state index contributed by atoms with van der Waals surface area (Å²) in [4.78, 5) is 25.1. The number of para-hydroxylation sites is 1. The molecule has 41 heavy (non-hydrogen) atoms. The Balaban J connectivity index is 1.59. The zero-order valence-corrected chi connectivity index (χ0v) is 24.0. The predicted octanol–water partition coefficient (Wildman–Crippen LogP) is 3.25. The molecule has 224 valence electrons. The highest BCUT2D eigenvalue weighted by molar-refractivity contribution is 7.52. The number of nitrogens with zero attached hydrogens (tertiary/aromatic N) is 4. The molecule has 3 aromatic rings. The second kappa shape index (κ2) is 12.3. The number of alkyl halides is 2. The first-order chi connectivity index (χ1) is 19.4. The third kappa shape index (κ3) is 6.49. The van der Waals surface area contributed by atoms with E-state index in [0.717, 1.165) is 4.57 Å². The van der Waals surface area contributed by atoms with Gasteiger partial charge in [0.05, 0.1) is 19.0 Å². The van der Waals surface area contributed by atoms with Gasteiger partial charge in [-0.1, -0.05) is 18.2 Å². The summed E-state index contributed by atoms with van der Waals surface area (Å²) in [5, 5.41) is 16.2. The van der Waals surface area contributed by atoms with Crippen LogP contribution in [0.5, 0.6) is 5.75 Å². The zero-order valence-electron chi connectivity index (χ0n) is 23.2. The molecule has 0 spiro atoms. The van der Waals surface area contributed by atoms with Crippen LogP contribution in [0.2, 0.25) is 0 Å². The molecule has 0 amide bonds. The SMILES string of the molecule is CNc1nc(C)nc2c1ncn2[C@@H]1O[C@H](CO[P@@](=O)(N[C@@H](C)C(=O)OC(C)C)Oc2ccccc2)[C@@H](O)[C@]1(F)CF. The van der Waals surface area contributed by atoms with E-state index in [0.29, 0.717) is 11.6 Å². The van der Waals surface area contributed by atoms with Gasteiger partial charge in [-0.15, -0.1) is 0 Å². The number of rotatable bonds is 12. The number of carbonyl (C=O) groups is 1. The Morgan fingerprint density at radius 3 is 2.61 bits per heavy atom. The molecule has 13 nitrogen and oxygen atoms in total. The van der Waals surface area contributed by atoms with Gasteiger partial charge in [0.2, 0.25) is 5.67 Å². The number of halogens is 2. The molecule has 0 saturated carbocycles. The van der Waals surface area contributed by atoms with E-state index in [9.17, 15) is 18.9 Å². The van der Waals surface area contributed by atoms with Crippen molar-refractivity contribution in [3.8, 4) is 5.75 Å². The molecule has 1 saturated heterocycles. The van der Waals surface area contributed by atoms with E-state index in [2.05, 4.69) is 25.4 Å². The Kier molecular flexibility index (Phi) is 9.24. The van der Waals surface area contributed by atoms with Gasteiger partial charge in [0.25, 0.3) is 0 Å². The molecule has 3 heterocycles. The number of esters is 1. The summed E-state index contributed by atoms with van der Waals surface area (Å²) < 4.78 is 67.2. The van der Waals surface area contributed by atoms with Crippen molar-refractivity contribution in [1.82, 2.24) is 24.6 Å². The number of anilines is 1.